The molecular formula is C10H12ClN5O. The lowest BCUT2D eigenvalue weighted by Gasteiger charge is -2.04. The highest BCUT2D eigenvalue weighted by Gasteiger charge is 2.09. The van der Waals surface area contributed by atoms with Gasteiger partial charge in [-0.25, -0.2) is 4.98 Å². The molecule has 0 radical (unpaired) electrons. The first-order valence-corrected chi connectivity index (χ1v) is 5.54. The van der Waals surface area contributed by atoms with Crippen molar-refractivity contribution in [2.45, 2.75) is 19.9 Å². The number of aryl methyl sites for hydroxylation is 1. The molecule has 0 spiro atoms. The van der Waals surface area contributed by atoms with Crippen LogP contribution in [0.4, 0.5) is 5.82 Å². The van der Waals surface area contributed by atoms with Crippen LogP contribution < -0.4 is 10.5 Å². The number of aromatic nitrogens is 4. The molecule has 0 saturated heterocycles. The number of nitrogen functional groups attached to an aromatic ring is 1. The number of hydrogen-bond donors (Lipinski definition) is 1. The van der Waals surface area contributed by atoms with Crippen molar-refractivity contribution < 1.29 is 4.74 Å². The van der Waals surface area contributed by atoms with Crippen molar-refractivity contribution >= 4 is 17.4 Å². The summed E-state index contributed by atoms with van der Waals surface area (Å²) in [5.41, 5.74) is 5.54. The molecule has 0 atom stereocenters. The number of halogens is 1. The lowest BCUT2D eigenvalue weighted by atomic mass is 10.5. The van der Waals surface area contributed by atoms with Gasteiger partial charge in [0.25, 0.3) is 0 Å². The number of nitrogens with zero attached hydrogens (tertiary/aromatic N) is 4. The fourth-order valence-corrected chi connectivity index (χ4v) is 1.43. The molecule has 6 nitrogen and oxygen atoms in total. The van der Waals surface area contributed by atoms with Crippen LogP contribution in [0, 0.1) is 0 Å². The summed E-state index contributed by atoms with van der Waals surface area (Å²) < 4.78 is 7.26. The van der Waals surface area contributed by atoms with Gasteiger partial charge in [-0.3, -0.25) is 4.68 Å². The molecular weight excluding hydrogens is 242 g/mol. The van der Waals surface area contributed by atoms with Gasteiger partial charge in [-0.05, 0) is 6.42 Å². The molecule has 7 heteroatoms. The minimum Gasteiger partial charge on any atom is -0.434 e. The highest BCUT2D eigenvalue weighted by Crippen LogP contribution is 2.29. The molecule has 0 saturated carbocycles. The van der Waals surface area contributed by atoms with Crippen molar-refractivity contribution in [3.05, 3.63) is 23.7 Å². The number of anilines is 1. The van der Waals surface area contributed by atoms with E-state index in [1.807, 2.05) is 0 Å². The molecule has 0 unspecified atom stereocenters. The highest BCUT2D eigenvalue weighted by atomic mass is 35.5. The summed E-state index contributed by atoms with van der Waals surface area (Å²) in [6.07, 6.45) is 5.68. The van der Waals surface area contributed by atoms with Crippen molar-refractivity contribution in [2.75, 3.05) is 5.73 Å². The van der Waals surface area contributed by atoms with Crippen molar-refractivity contribution in [1.29, 1.82) is 0 Å². The van der Waals surface area contributed by atoms with Crippen LogP contribution in [-0.2, 0) is 6.54 Å². The van der Waals surface area contributed by atoms with Gasteiger partial charge in [-0.2, -0.15) is 10.1 Å². The SMILES string of the molecule is CCCn1cc(Oc2ncnc(N)c2Cl)cn1. The minimum absolute atomic E-state index is 0.192. The topological polar surface area (TPSA) is 78.8 Å². The van der Waals surface area contributed by atoms with Crippen LogP contribution in [0.3, 0.4) is 0 Å². The number of rotatable bonds is 4. The highest BCUT2D eigenvalue weighted by molar-refractivity contribution is 6.34. The molecule has 90 valence electrons. The van der Waals surface area contributed by atoms with E-state index in [1.54, 1.807) is 17.1 Å². The van der Waals surface area contributed by atoms with Crippen LogP contribution in [0.25, 0.3) is 0 Å². The lowest BCUT2D eigenvalue weighted by Crippen LogP contribution is -1.96. The number of ether oxygens (including phenoxy) is 1. The molecule has 2 heterocycles. The summed E-state index contributed by atoms with van der Waals surface area (Å²) in [5.74, 6) is 0.992. The average molecular weight is 254 g/mol. The first kappa shape index (κ1) is 11.7. The van der Waals surface area contributed by atoms with E-state index >= 15 is 0 Å². The molecule has 2 aromatic heterocycles. The second-order valence-electron chi connectivity index (χ2n) is 3.42. The summed E-state index contributed by atoms with van der Waals surface area (Å²) in [7, 11) is 0. The first-order valence-electron chi connectivity index (χ1n) is 5.17. The van der Waals surface area contributed by atoms with Gasteiger partial charge in [0.2, 0.25) is 5.88 Å². The Hall–Kier alpha value is -1.82. The zero-order valence-electron chi connectivity index (χ0n) is 9.30. The third-order valence-electron chi connectivity index (χ3n) is 2.06. The Labute approximate surface area is 103 Å². The summed E-state index contributed by atoms with van der Waals surface area (Å²) in [6.45, 7) is 2.91. The molecule has 2 rings (SSSR count). The summed E-state index contributed by atoms with van der Waals surface area (Å²) in [5, 5.41) is 4.33. The third kappa shape index (κ3) is 2.65. The summed E-state index contributed by atoms with van der Waals surface area (Å²) in [6, 6.07) is 0. The van der Waals surface area contributed by atoms with Gasteiger partial charge in [-0.15, -0.1) is 0 Å². The van der Waals surface area contributed by atoms with E-state index in [-0.39, 0.29) is 16.7 Å². The van der Waals surface area contributed by atoms with Crippen LogP contribution in [-0.4, -0.2) is 19.7 Å². The van der Waals surface area contributed by atoms with Crippen molar-refractivity contribution in [2.24, 2.45) is 0 Å². The van der Waals surface area contributed by atoms with Crippen LogP contribution in [0.15, 0.2) is 18.7 Å². The Morgan fingerprint density at radius 3 is 3.06 bits per heavy atom. The van der Waals surface area contributed by atoms with E-state index in [1.165, 1.54) is 6.33 Å². The quantitative estimate of drug-likeness (QED) is 0.903. The normalized spacial score (nSPS) is 10.5. The second kappa shape index (κ2) is 5.01. The Kier molecular flexibility index (Phi) is 3.43. The van der Waals surface area contributed by atoms with Gasteiger partial charge in [0, 0.05) is 6.54 Å². The molecule has 0 aromatic carbocycles. The fourth-order valence-electron chi connectivity index (χ4n) is 1.30. The van der Waals surface area contributed by atoms with E-state index in [4.69, 9.17) is 22.1 Å². The molecule has 2 N–H and O–H groups in total. The molecule has 0 fully saturated rings. The van der Waals surface area contributed by atoms with Gasteiger partial charge >= 0.3 is 0 Å². The molecule has 17 heavy (non-hydrogen) atoms. The Balaban J connectivity index is 2.16. The van der Waals surface area contributed by atoms with Crippen LogP contribution >= 0.6 is 11.6 Å². The zero-order chi connectivity index (χ0) is 12.3. The summed E-state index contributed by atoms with van der Waals surface area (Å²) >= 11 is 5.91. The molecule has 0 aliphatic heterocycles. The van der Waals surface area contributed by atoms with E-state index in [0.29, 0.717) is 5.75 Å². The van der Waals surface area contributed by atoms with Crippen molar-refractivity contribution in [3.63, 3.8) is 0 Å². The van der Waals surface area contributed by atoms with E-state index < -0.39 is 0 Å². The Morgan fingerprint density at radius 2 is 2.29 bits per heavy atom. The maximum Gasteiger partial charge on any atom is 0.243 e. The largest absolute Gasteiger partial charge is 0.434 e. The van der Waals surface area contributed by atoms with Gasteiger partial charge in [0.05, 0.1) is 12.4 Å². The van der Waals surface area contributed by atoms with Gasteiger partial charge in [0.15, 0.2) is 5.75 Å². The smallest absolute Gasteiger partial charge is 0.243 e. The van der Waals surface area contributed by atoms with Gasteiger partial charge in [-0.1, -0.05) is 18.5 Å². The fraction of sp³-hybridized carbons (Fsp3) is 0.300. The van der Waals surface area contributed by atoms with Gasteiger partial charge < -0.3 is 10.5 Å². The first-order chi connectivity index (χ1) is 8.20. The van der Waals surface area contributed by atoms with E-state index in [2.05, 4.69) is 22.0 Å². The van der Waals surface area contributed by atoms with Gasteiger partial charge in [0.1, 0.15) is 17.2 Å². The Morgan fingerprint density at radius 1 is 1.47 bits per heavy atom. The predicted octanol–water partition coefficient (Wildman–Crippen LogP) is 2.11. The number of nitrogens with two attached hydrogens (primary N) is 1. The molecule has 0 amide bonds. The van der Waals surface area contributed by atoms with Crippen molar-refractivity contribution in [1.82, 2.24) is 19.7 Å². The minimum atomic E-state index is 0.192. The lowest BCUT2D eigenvalue weighted by molar-refractivity contribution is 0.460. The zero-order valence-corrected chi connectivity index (χ0v) is 10.1. The monoisotopic (exact) mass is 253 g/mol. The Bertz CT molecular complexity index is 513. The molecule has 0 bridgehead atoms. The maximum atomic E-state index is 5.91. The standard InChI is InChI=1S/C10H12ClN5O/c1-2-3-16-5-7(4-15-16)17-10-8(11)9(12)13-6-14-10/h4-6H,2-3H2,1H3,(H2,12,13,14). The molecule has 0 aliphatic carbocycles. The maximum absolute atomic E-state index is 5.91. The molecule has 2 aromatic rings. The van der Waals surface area contributed by atoms with Crippen LogP contribution in [0.1, 0.15) is 13.3 Å². The van der Waals surface area contributed by atoms with E-state index in [9.17, 15) is 0 Å². The number of hydrogen-bond acceptors (Lipinski definition) is 5. The van der Waals surface area contributed by atoms with Crippen molar-refractivity contribution in [3.8, 4) is 11.6 Å². The summed E-state index contributed by atoms with van der Waals surface area (Å²) in [4.78, 5) is 7.66. The average Bonchev–Trinajstić information content (AvgIpc) is 2.73. The predicted molar refractivity (Wildman–Crippen MR) is 64.0 cm³/mol. The molecule has 0 aliphatic rings. The van der Waals surface area contributed by atoms with Crippen LogP contribution in [0.5, 0.6) is 11.6 Å². The van der Waals surface area contributed by atoms with Crippen LogP contribution in [0.2, 0.25) is 5.02 Å². The second-order valence-corrected chi connectivity index (χ2v) is 3.80. The van der Waals surface area contributed by atoms with E-state index in [0.717, 1.165) is 13.0 Å². The third-order valence-corrected chi connectivity index (χ3v) is 2.42.